The van der Waals surface area contributed by atoms with E-state index in [4.69, 9.17) is 9.47 Å². The fourth-order valence-electron chi connectivity index (χ4n) is 3.66. The number of nitrogens with one attached hydrogen (secondary N) is 1. The number of ether oxygens (including phenoxy) is 2. The third kappa shape index (κ3) is 3.90. The lowest BCUT2D eigenvalue weighted by atomic mass is 10.2. The Morgan fingerprint density at radius 3 is 2.52 bits per heavy atom. The van der Waals surface area contributed by atoms with E-state index in [0.717, 1.165) is 4.90 Å². The van der Waals surface area contributed by atoms with Crippen molar-refractivity contribution in [1.29, 1.82) is 0 Å². The zero-order chi connectivity index (χ0) is 19.4. The van der Waals surface area contributed by atoms with Gasteiger partial charge in [0.2, 0.25) is 5.91 Å². The topological polar surface area (TPSA) is 80.6 Å². The van der Waals surface area contributed by atoms with Crippen molar-refractivity contribution in [2.75, 3.05) is 44.3 Å². The predicted octanol–water partition coefficient (Wildman–Crippen LogP) is 0.0742. The quantitative estimate of drug-likeness (QED) is 0.736. The molecule has 3 rings (SSSR count). The van der Waals surface area contributed by atoms with Crippen LogP contribution in [0, 0.1) is 0 Å². The summed E-state index contributed by atoms with van der Waals surface area (Å²) in [5.74, 6) is 0.119. The standard InChI is InChI=1S/C19H25N3O5/c1-3-26-16-8-6-5-7-14(16)22-17(23)13-15(18(22)24)20-9-11-21(12-10-20)19(25)27-4-2/h5-8,15H,3-4,9-13H2,1-2H3/p+1/t15-/m1/s1. The van der Waals surface area contributed by atoms with Gasteiger partial charge in [-0.3, -0.25) is 14.5 Å². The first kappa shape index (κ1) is 19.2. The molecule has 27 heavy (non-hydrogen) atoms. The molecule has 146 valence electrons. The van der Waals surface area contributed by atoms with Gasteiger partial charge in [-0.15, -0.1) is 0 Å². The Bertz CT molecular complexity index is 715. The minimum atomic E-state index is -0.420. The van der Waals surface area contributed by atoms with Crippen molar-refractivity contribution < 1.29 is 28.8 Å². The van der Waals surface area contributed by atoms with Crippen LogP contribution in [0.5, 0.6) is 5.75 Å². The summed E-state index contributed by atoms with van der Waals surface area (Å²) in [5, 5.41) is 0. The second-order valence-electron chi connectivity index (χ2n) is 6.57. The first-order valence-corrected chi connectivity index (χ1v) is 9.41. The van der Waals surface area contributed by atoms with E-state index < -0.39 is 6.04 Å². The van der Waals surface area contributed by atoms with Crippen LogP contribution in [0.1, 0.15) is 20.3 Å². The largest absolute Gasteiger partial charge is 0.492 e. The Kier molecular flexibility index (Phi) is 5.95. The van der Waals surface area contributed by atoms with Gasteiger partial charge in [0, 0.05) is 0 Å². The zero-order valence-electron chi connectivity index (χ0n) is 15.8. The number of hydrogen-bond acceptors (Lipinski definition) is 5. The number of carbonyl (C=O) groups excluding carboxylic acids is 3. The Labute approximate surface area is 158 Å². The molecule has 1 aromatic carbocycles. The molecular formula is C19H26N3O5+. The van der Waals surface area contributed by atoms with Gasteiger partial charge >= 0.3 is 6.09 Å². The number of piperazine rings is 1. The van der Waals surface area contributed by atoms with Crippen molar-refractivity contribution in [3.05, 3.63) is 24.3 Å². The summed E-state index contributed by atoms with van der Waals surface area (Å²) in [6.07, 6.45) is -0.147. The van der Waals surface area contributed by atoms with Crippen molar-refractivity contribution in [3.8, 4) is 5.75 Å². The summed E-state index contributed by atoms with van der Waals surface area (Å²) in [5.41, 5.74) is 0.501. The van der Waals surface area contributed by atoms with Gasteiger partial charge in [-0.2, -0.15) is 0 Å². The number of imide groups is 1. The fourth-order valence-corrected chi connectivity index (χ4v) is 3.66. The maximum absolute atomic E-state index is 13.0. The molecule has 0 unspecified atom stereocenters. The lowest BCUT2D eigenvalue weighted by Crippen LogP contribution is -3.19. The monoisotopic (exact) mass is 376 g/mol. The average Bonchev–Trinajstić information content (AvgIpc) is 2.97. The molecule has 8 nitrogen and oxygen atoms in total. The summed E-state index contributed by atoms with van der Waals surface area (Å²) in [6.45, 7) is 6.70. The van der Waals surface area contributed by atoms with Crippen molar-refractivity contribution in [2.24, 2.45) is 0 Å². The SMILES string of the molecule is CCOC(=O)N1CC[NH+]([C@@H]2CC(=O)N(c3ccccc3OCC)C2=O)CC1. The van der Waals surface area contributed by atoms with E-state index in [1.165, 1.54) is 4.90 Å². The Morgan fingerprint density at radius 2 is 1.85 bits per heavy atom. The highest BCUT2D eigenvalue weighted by Gasteiger charge is 2.47. The van der Waals surface area contributed by atoms with Crippen LogP contribution in [0.2, 0.25) is 0 Å². The molecule has 3 amide bonds. The number of amides is 3. The van der Waals surface area contributed by atoms with Crippen LogP contribution in [-0.4, -0.2) is 68.2 Å². The molecule has 2 heterocycles. The van der Waals surface area contributed by atoms with Crippen LogP contribution in [0.15, 0.2) is 24.3 Å². The molecule has 8 heteroatoms. The predicted molar refractivity (Wildman–Crippen MR) is 97.8 cm³/mol. The lowest BCUT2D eigenvalue weighted by Gasteiger charge is -2.33. The number of quaternary nitrogens is 1. The molecule has 0 spiro atoms. The van der Waals surface area contributed by atoms with Crippen molar-refractivity contribution >= 4 is 23.6 Å². The first-order chi connectivity index (χ1) is 13.1. The molecule has 0 aliphatic carbocycles. The molecule has 0 saturated carbocycles. The number of hydrogen-bond donors (Lipinski definition) is 1. The number of benzene rings is 1. The van der Waals surface area contributed by atoms with Gasteiger partial charge < -0.3 is 14.4 Å². The summed E-state index contributed by atoms with van der Waals surface area (Å²) in [6, 6.07) is 6.68. The summed E-state index contributed by atoms with van der Waals surface area (Å²) in [7, 11) is 0. The smallest absolute Gasteiger partial charge is 0.410 e. The van der Waals surface area contributed by atoms with E-state index in [2.05, 4.69) is 0 Å². The van der Waals surface area contributed by atoms with Crippen molar-refractivity contribution in [1.82, 2.24) is 4.90 Å². The summed E-state index contributed by atoms with van der Waals surface area (Å²) >= 11 is 0. The second-order valence-corrected chi connectivity index (χ2v) is 6.57. The Hall–Kier alpha value is -2.61. The van der Waals surface area contributed by atoms with Crippen LogP contribution >= 0.6 is 0 Å². The molecule has 1 N–H and O–H groups in total. The van der Waals surface area contributed by atoms with Gasteiger partial charge in [0.1, 0.15) is 5.75 Å². The van der Waals surface area contributed by atoms with Crippen LogP contribution in [0.25, 0.3) is 0 Å². The van der Waals surface area contributed by atoms with Gasteiger partial charge in [0.25, 0.3) is 5.91 Å². The zero-order valence-corrected chi connectivity index (χ0v) is 15.8. The number of carbonyl (C=O) groups is 3. The molecule has 0 radical (unpaired) electrons. The molecule has 1 aromatic rings. The number of rotatable bonds is 5. The van der Waals surface area contributed by atoms with Gasteiger partial charge in [0.05, 0.1) is 51.5 Å². The van der Waals surface area contributed by atoms with Crippen LogP contribution < -0.4 is 14.5 Å². The Morgan fingerprint density at radius 1 is 1.15 bits per heavy atom. The molecule has 2 fully saturated rings. The molecule has 1 atom stereocenters. The molecule has 0 bridgehead atoms. The van der Waals surface area contributed by atoms with Gasteiger partial charge in [-0.05, 0) is 26.0 Å². The minimum absolute atomic E-state index is 0.175. The van der Waals surface area contributed by atoms with Crippen molar-refractivity contribution in [2.45, 2.75) is 26.3 Å². The molecule has 2 aliphatic rings. The molecular weight excluding hydrogens is 350 g/mol. The minimum Gasteiger partial charge on any atom is -0.492 e. The highest BCUT2D eigenvalue weighted by atomic mass is 16.6. The van der Waals surface area contributed by atoms with E-state index in [1.807, 2.05) is 13.0 Å². The number of para-hydroxylation sites is 2. The molecule has 2 aliphatic heterocycles. The van der Waals surface area contributed by atoms with Crippen LogP contribution in [0.4, 0.5) is 10.5 Å². The number of nitrogens with zero attached hydrogens (tertiary/aromatic N) is 2. The Balaban J connectivity index is 1.70. The first-order valence-electron chi connectivity index (χ1n) is 9.41. The van der Waals surface area contributed by atoms with E-state index in [-0.39, 0.29) is 24.3 Å². The normalized spacial score (nSPS) is 20.9. The highest BCUT2D eigenvalue weighted by molar-refractivity contribution is 6.22. The summed E-state index contributed by atoms with van der Waals surface area (Å²) < 4.78 is 10.6. The third-order valence-electron chi connectivity index (χ3n) is 4.98. The highest BCUT2D eigenvalue weighted by Crippen LogP contribution is 2.31. The average molecular weight is 376 g/mol. The van der Waals surface area contributed by atoms with E-state index in [0.29, 0.717) is 50.8 Å². The third-order valence-corrected chi connectivity index (χ3v) is 4.98. The maximum Gasteiger partial charge on any atom is 0.410 e. The fraction of sp³-hybridized carbons (Fsp3) is 0.526. The molecule has 0 aromatic heterocycles. The van der Waals surface area contributed by atoms with Crippen LogP contribution in [0.3, 0.4) is 0 Å². The van der Waals surface area contributed by atoms with E-state index >= 15 is 0 Å². The summed E-state index contributed by atoms with van der Waals surface area (Å²) in [4.78, 5) is 41.4. The maximum atomic E-state index is 13.0. The van der Waals surface area contributed by atoms with E-state index in [9.17, 15) is 14.4 Å². The number of anilines is 1. The second kappa shape index (κ2) is 8.39. The van der Waals surface area contributed by atoms with Gasteiger partial charge in [-0.25, -0.2) is 9.69 Å². The van der Waals surface area contributed by atoms with Gasteiger partial charge in [0.15, 0.2) is 6.04 Å². The van der Waals surface area contributed by atoms with Crippen molar-refractivity contribution in [3.63, 3.8) is 0 Å². The lowest BCUT2D eigenvalue weighted by molar-refractivity contribution is -0.918. The van der Waals surface area contributed by atoms with E-state index in [1.54, 1.807) is 30.0 Å². The van der Waals surface area contributed by atoms with Gasteiger partial charge in [-0.1, -0.05) is 12.1 Å². The van der Waals surface area contributed by atoms with Crippen LogP contribution in [-0.2, 0) is 14.3 Å². The molecule has 2 saturated heterocycles.